The van der Waals surface area contributed by atoms with Crippen LogP contribution in [-0.4, -0.2) is 30.3 Å². The first-order chi connectivity index (χ1) is 13.5. The van der Waals surface area contributed by atoms with Crippen molar-refractivity contribution in [1.82, 2.24) is 4.57 Å². The van der Waals surface area contributed by atoms with Gasteiger partial charge in [0.1, 0.15) is 11.6 Å². The number of aromatic nitrogens is 1. The van der Waals surface area contributed by atoms with Crippen molar-refractivity contribution >= 4 is 50.7 Å². The summed E-state index contributed by atoms with van der Waals surface area (Å²) in [7, 11) is 0. The fraction of sp³-hybridized carbons (Fsp3) is 0.263. The highest BCUT2D eigenvalue weighted by Gasteiger charge is 2.10. The quantitative estimate of drug-likeness (QED) is 0.498. The van der Waals surface area contributed by atoms with Gasteiger partial charge >= 0.3 is 0 Å². The Morgan fingerprint density at radius 3 is 2.82 bits per heavy atom. The van der Waals surface area contributed by atoms with E-state index in [4.69, 9.17) is 32.7 Å². The van der Waals surface area contributed by atoms with Crippen LogP contribution in [0.25, 0.3) is 10.2 Å². The van der Waals surface area contributed by atoms with E-state index < -0.39 is 5.91 Å². The van der Waals surface area contributed by atoms with Gasteiger partial charge in [-0.2, -0.15) is 4.99 Å². The number of hydrogen-bond acceptors (Lipinski definition) is 4. The largest absolute Gasteiger partial charge is 0.482 e. The maximum atomic E-state index is 13.6. The molecule has 28 heavy (non-hydrogen) atoms. The average molecular weight is 443 g/mol. The zero-order valence-electron chi connectivity index (χ0n) is 15.0. The van der Waals surface area contributed by atoms with Gasteiger partial charge in [0.15, 0.2) is 11.4 Å². The van der Waals surface area contributed by atoms with Crippen LogP contribution in [0.2, 0.25) is 10.0 Å². The highest BCUT2D eigenvalue weighted by Crippen LogP contribution is 2.27. The first-order valence-corrected chi connectivity index (χ1v) is 10.1. The number of nitrogens with zero attached hydrogens (tertiary/aromatic N) is 2. The molecule has 0 fully saturated rings. The monoisotopic (exact) mass is 442 g/mol. The van der Waals surface area contributed by atoms with Gasteiger partial charge in [-0.05, 0) is 43.3 Å². The minimum Gasteiger partial charge on any atom is -0.482 e. The van der Waals surface area contributed by atoms with E-state index in [1.165, 1.54) is 29.5 Å². The van der Waals surface area contributed by atoms with Gasteiger partial charge in [-0.1, -0.05) is 34.5 Å². The number of hydrogen-bond donors (Lipinski definition) is 0. The van der Waals surface area contributed by atoms with Crippen LogP contribution in [-0.2, 0) is 16.1 Å². The molecule has 5 nitrogen and oxygen atoms in total. The third-order valence-corrected chi connectivity index (χ3v) is 5.35. The molecule has 0 spiro atoms. The number of amides is 1. The molecule has 0 radical (unpaired) electrons. The van der Waals surface area contributed by atoms with E-state index in [0.717, 1.165) is 5.52 Å². The lowest BCUT2D eigenvalue weighted by molar-refractivity contribution is -0.120. The number of fused-ring (bicyclic) bond motifs is 1. The normalized spacial score (nSPS) is 11.9. The van der Waals surface area contributed by atoms with Crippen molar-refractivity contribution in [3.63, 3.8) is 0 Å². The van der Waals surface area contributed by atoms with Crippen molar-refractivity contribution < 1.29 is 18.7 Å². The van der Waals surface area contributed by atoms with Crippen molar-refractivity contribution in [2.24, 2.45) is 4.99 Å². The molecular formula is C19H17Cl2FN2O3S. The second kappa shape index (κ2) is 9.52. The van der Waals surface area contributed by atoms with Crippen molar-refractivity contribution in [3.8, 4) is 5.75 Å². The molecular weight excluding hydrogens is 426 g/mol. The third kappa shape index (κ3) is 5.11. The zero-order valence-corrected chi connectivity index (χ0v) is 17.3. The second-order valence-electron chi connectivity index (χ2n) is 5.71. The summed E-state index contributed by atoms with van der Waals surface area (Å²) >= 11 is 13.1. The van der Waals surface area contributed by atoms with E-state index in [9.17, 15) is 9.18 Å². The van der Waals surface area contributed by atoms with Gasteiger partial charge in [0, 0.05) is 18.2 Å². The number of benzene rings is 2. The number of ether oxygens (including phenoxy) is 2. The van der Waals surface area contributed by atoms with Gasteiger partial charge in [0.25, 0.3) is 5.91 Å². The molecule has 0 aliphatic carbocycles. The van der Waals surface area contributed by atoms with E-state index in [1.807, 2.05) is 11.5 Å². The second-order valence-corrected chi connectivity index (χ2v) is 7.57. The Morgan fingerprint density at radius 2 is 2.07 bits per heavy atom. The van der Waals surface area contributed by atoms with Crippen LogP contribution >= 0.6 is 34.5 Å². The molecule has 1 aromatic heterocycles. The Kier molecular flexibility index (Phi) is 7.07. The molecule has 0 aliphatic rings. The fourth-order valence-corrected chi connectivity index (χ4v) is 4.08. The van der Waals surface area contributed by atoms with Gasteiger partial charge in [-0.15, -0.1) is 0 Å². The molecule has 148 valence electrons. The number of carbonyl (C=O) groups is 1. The lowest BCUT2D eigenvalue weighted by atomic mass is 10.3. The summed E-state index contributed by atoms with van der Waals surface area (Å²) in [5, 5.41) is 0.783. The molecule has 0 aliphatic heterocycles. The average Bonchev–Trinajstić information content (AvgIpc) is 2.97. The molecule has 0 bridgehead atoms. The molecule has 3 aromatic rings. The van der Waals surface area contributed by atoms with Gasteiger partial charge in [-0.3, -0.25) is 4.79 Å². The standard InChI is InChI=1S/C19H17Cl2FN2O3S/c1-2-26-8-7-24-15-5-4-13(22)10-17(15)28-19(24)23-18(25)11-27-16-6-3-12(20)9-14(16)21/h3-6,9-10H,2,7-8,11H2,1H3. The van der Waals surface area contributed by atoms with E-state index >= 15 is 0 Å². The number of thiazole rings is 1. The van der Waals surface area contributed by atoms with Crippen molar-refractivity contribution in [2.75, 3.05) is 19.8 Å². The predicted octanol–water partition coefficient (Wildman–Crippen LogP) is 4.69. The van der Waals surface area contributed by atoms with Gasteiger partial charge < -0.3 is 14.0 Å². The number of rotatable bonds is 7. The minimum atomic E-state index is -0.483. The van der Waals surface area contributed by atoms with Crippen LogP contribution < -0.4 is 9.54 Å². The van der Waals surface area contributed by atoms with E-state index in [2.05, 4.69) is 4.99 Å². The number of halogens is 3. The van der Waals surface area contributed by atoms with Gasteiger partial charge in [-0.25, -0.2) is 4.39 Å². The number of carbonyl (C=O) groups excluding carboxylic acids is 1. The smallest absolute Gasteiger partial charge is 0.286 e. The SMILES string of the molecule is CCOCCn1c(=NC(=O)COc2ccc(Cl)cc2Cl)sc2cc(F)ccc21. The Morgan fingerprint density at radius 1 is 1.25 bits per heavy atom. The lowest BCUT2D eigenvalue weighted by Gasteiger charge is -2.06. The maximum Gasteiger partial charge on any atom is 0.286 e. The highest BCUT2D eigenvalue weighted by molar-refractivity contribution is 7.16. The first-order valence-electron chi connectivity index (χ1n) is 8.50. The van der Waals surface area contributed by atoms with Crippen LogP contribution in [0.1, 0.15) is 6.92 Å². The predicted molar refractivity (Wildman–Crippen MR) is 109 cm³/mol. The Bertz CT molecular complexity index is 1070. The lowest BCUT2D eigenvalue weighted by Crippen LogP contribution is -2.21. The van der Waals surface area contributed by atoms with E-state index in [-0.39, 0.29) is 12.4 Å². The molecule has 0 unspecified atom stereocenters. The third-order valence-electron chi connectivity index (χ3n) is 3.77. The van der Waals surface area contributed by atoms with Crippen molar-refractivity contribution in [3.05, 3.63) is 57.1 Å². The van der Waals surface area contributed by atoms with Crippen LogP contribution in [0.5, 0.6) is 5.75 Å². The summed E-state index contributed by atoms with van der Waals surface area (Å²) in [5.74, 6) is -0.482. The summed E-state index contributed by atoms with van der Waals surface area (Å²) in [5.41, 5.74) is 0.791. The topological polar surface area (TPSA) is 52.8 Å². The summed E-state index contributed by atoms with van der Waals surface area (Å²) in [6.07, 6.45) is 0. The molecule has 0 saturated carbocycles. The van der Waals surface area contributed by atoms with E-state index in [0.29, 0.717) is 45.1 Å². The van der Waals surface area contributed by atoms with Crippen molar-refractivity contribution in [2.45, 2.75) is 13.5 Å². The van der Waals surface area contributed by atoms with Gasteiger partial charge in [0.05, 0.1) is 21.8 Å². The van der Waals surface area contributed by atoms with Crippen LogP contribution in [0.3, 0.4) is 0 Å². The minimum absolute atomic E-state index is 0.282. The molecule has 0 saturated heterocycles. The summed E-state index contributed by atoms with van der Waals surface area (Å²) < 4.78 is 26.9. The Balaban J connectivity index is 1.84. The van der Waals surface area contributed by atoms with Gasteiger partial charge in [0.2, 0.25) is 0 Å². The maximum absolute atomic E-state index is 13.6. The first kappa shape index (κ1) is 20.8. The Labute approximate surface area is 174 Å². The Hall–Kier alpha value is -1.93. The molecule has 1 heterocycles. The molecule has 3 rings (SSSR count). The summed E-state index contributed by atoms with van der Waals surface area (Å²) in [6.45, 7) is 3.15. The molecule has 1 amide bonds. The summed E-state index contributed by atoms with van der Waals surface area (Å²) in [4.78, 5) is 16.9. The summed E-state index contributed by atoms with van der Waals surface area (Å²) in [6, 6.07) is 9.20. The van der Waals surface area contributed by atoms with E-state index in [1.54, 1.807) is 18.2 Å². The zero-order chi connectivity index (χ0) is 20.1. The van der Waals surface area contributed by atoms with Crippen LogP contribution in [0.4, 0.5) is 4.39 Å². The molecule has 0 N–H and O–H groups in total. The van der Waals surface area contributed by atoms with Crippen LogP contribution in [0, 0.1) is 5.82 Å². The highest BCUT2D eigenvalue weighted by atomic mass is 35.5. The molecule has 9 heteroatoms. The molecule has 2 aromatic carbocycles. The fourth-order valence-electron chi connectivity index (χ4n) is 2.52. The molecule has 0 atom stereocenters. The van der Waals surface area contributed by atoms with Crippen LogP contribution in [0.15, 0.2) is 41.4 Å². The van der Waals surface area contributed by atoms with Crippen molar-refractivity contribution in [1.29, 1.82) is 0 Å².